The van der Waals surface area contributed by atoms with Crippen LogP contribution in [0.15, 0.2) is 11.1 Å². The number of hydrogen-bond donors (Lipinski definition) is 0. The average molecular weight is 245 g/mol. The largest absolute Gasteiger partial charge is 0.489 e. The molecule has 1 fully saturated rings. The van der Waals surface area contributed by atoms with Gasteiger partial charge in [0.2, 0.25) is 5.75 Å². The molecule has 0 amide bonds. The van der Waals surface area contributed by atoms with Crippen molar-refractivity contribution in [3.05, 3.63) is 21.8 Å². The zero-order chi connectivity index (χ0) is 11.5. The van der Waals surface area contributed by atoms with Crippen LogP contribution in [0.1, 0.15) is 12.8 Å². The first kappa shape index (κ1) is 11.4. The van der Waals surface area contributed by atoms with Gasteiger partial charge >= 0.3 is 0 Å². The van der Waals surface area contributed by atoms with E-state index in [9.17, 15) is 4.79 Å². The van der Waals surface area contributed by atoms with Crippen molar-refractivity contribution in [2.75, 3.05) is 13.7 Å². The number of nitrogens with zero attached hydrogens (tertiary/aromatic N) is 2. The number of aromatic nitrogens is 2. The molecule has 0 bridgehead atoms. The molecule has 0 aromatic carbocycles. The van der Waals surface area contributed by atoms with Crippen molar-refractivity contribution in [1.29, 1.82) is 0 Å². The van der Waals surface area contributed by atoms with Crippen molar-refractivity contribution in [3.8, 4) is 5.75 Å². The van der Waals surface area contributed by atoms with Gasteiger partial charge in [0.25, 0.3) is 5.56 Å². The zero-order valence-electron chi connectivity index (χ0n) is 8.98. The lowest BCUT2D eigenvalue weighted by Crippen LogP contribution is -2.27. The Labute approximate surface area is 98.0 Å². The Kier molecular flexibility index (Phi) is 3.46. The molecule has 1 atom stereocenters. The molecule has 2 rings (SSSR count). The van der Waals surface area contributed by atoms with E-state index in [1.165, 1.54) is 18.0 Å². The third-order valence-corrected chi connectivity index (χ3v) is 2.85. The molecule has 0 radical (unpaired) electrons. The summed E-state index contributed by atoms with van der Waals surface area (Å²) in [5, 5.41) is 0.0936. The molecule has 2 heterocycles. The summed E-state index contributed by atoms with van der Waals surface area (Å²) in [5.41, 5.74) is -0.266. The second-order valence-corrected chi connectivity index (χ2v) is 4.02. The van der Waals surface area contributed by atoms with Crippen molar-refractivity contribution in [2.24, 2.45) is 0 Å². The van der Waals surface area contributed by atoms with Gasteiger partial charge in [-0.25, -0.2) is 4.98 Å². The summed E-state index contributed by atoms with van der Waals surface area (Å²) in [6.45, 7) is 1.26. The smallest absolute Gasteiger partial charge is 0.297 e. The lowest BCUT2D eigenvalue weighted by atomic mass is 10.2. The van der Waals surface area contributed by atoms with Gasteiger partial charge in [0.1, 0.15) is 0 Å². The molecular formula is C10H13ClN2O3. The molecule has 1 aliphatic rings. The Morgan fingerprint density at radius 1 is 1.75 bits per heavy atom. The maximum atomic E-state index is 11.9. The van der Waals surface area contributed by atoms with Gasteiger partial charge in [-0.15, -0.1) is 0 Å². The van der Waals surface area contributed by atoms with Crippen LogP contribution in [-0.2, 0) is 11.3 Å². The van der Waals surface area contributed by atoms with Gasteiger partial charge in [0.05, 0.1) is 26.1 Å². The van der Waals surface area contributed by atoms with Gasteiger partial charge in [0, 0.05) is 6.61 Å². The molecule has 6 heteroatoms. The standard InChI is InChI=1S/C10H13ClN2O3/c1-15-8-9(11)12-6-13(10(8)14)5-7-3-2-4-16-7/h6-7H,2-5H2,1H3. The molecule has 1 aliphatic heterocycles. The Hall–Kier alpha value is -1.07. The van der Waals surface area contributed by atoms with Crippen LogP contribution in [0.25, 0.3) is 0 Å². The van der Waals surface area contributed by atoms with E-state index >= 15 is 0 Å². The van der Waals surface area contributed by atoms with E-state index in [4.69, 9.17) is 21.1 Å². The fourth-order valence-corrected chi connectivity index (χ4v) is 1.96. The van der Waals surface area contributed by atoms with E-state index in [2.05, 4.69) is 4.98 Å². The van der Waals surface area contributed by atoms with Crippen molar-refractivity contribution >= 4 is 11.6 Å². The van der Waals surface area contributed by atoms with Gasteiger partial charge in [0.15, 0.2) is 5.15 Å². The quantitative estimate of drug-likeness (QED) is 0.747. The normalized spacial score (nSPS) is 20.0. The molecule has 1 saturated heterocycles. The van der Waals surface area contributed by atoms with Crippen LogP contribution in [0.4, 0.5) is 0 Å². The second-order valence-electron chi connectivity index (χ2n) is 3.66. The highest BCUT2D eigenvalue weighted by Crippen LogP contribution is 2.17. The molecule has 16 heavy (non-hydrogen) atoms. The van der Waals surface area contributed by atoms with Gasteiger partial charge in [-0.05, 0) is 12.8 Å². The molecule has 0 N–H and O–H groups in total. The Morgan fingerprint density at radius 2 is 2.56 bits per heavy atom. The first-order valence-electron chi connectivity index (χ1n) is 5.13. The predicted octanol–water partition coefficient (Wildman–Crippen LogP) is 1.08. The Balaban J connectivity index is 2.24. The minimum absolute atomic E-state index is 0.0853. The molecular weight excluding hydrogens is 232 g/mol. The summed E-state index contributed by atoms with van der Waals surface area (Å²) < 4.78 is 11.8. The minimum Gasteiger partial charge on any atom is -0.489 e. The second kappa shape index (κ2) is 4.84. The lowest BCUT2D eigenvalue weighted by Gasteiger charge is -2.12. The first-order chi connectivity index (χ1) is 7.72. The average Bonchev–Trinajstić information content (AvgIpc) is 2.76. The molecule has 0 aliphatic carbocycles. The SMILES string of the molecule is COc1c(Cl)ncn(CC2CCCO2)c1=O. The van der Waals surface area contributed by atoms with Crippen molar-refractivity contribution in [3.63, 3.8) is 0 Å². The van der Waals surface area contributed by atoms with E-state index in [0.29, 0.717) is 6.54 Å². The van der Waals surface area contributed by atoms with Crippen LogP contribution < -0.4 is 10.3 Å². The maximum absolute atomic E-state index is 11.9. The van der Waals surface area contributed by atoms with Crippen LogP contribution >= 0.6 is 11.6 Å². The summed E-state index contributed by atoms with van der Waals surface area (Å²) in [6.07, 6.45) is 3.52. The highest BCUT2D eigenvalue weighted by atomic mass is 35.5. The molecule has 88 valence electrons. The molecule has 1 unspecified atom stereocenters. The molecule has 0 spiro atoms. The lowest BCUT2D eigenvalue weighted by molar-refractivity contribution is 0.0956. The van der Waals surface area contributed by atoms with E-state index in [0.717, 1.165) is 19.4 Å². The van der Waals surface area contributed by atoms with E-state index < -0.39 is 0 Å². The predicted molar refractivity (Wildman–Crippen MR) is 59.0 cm³/mol. The summed E-state index contributed by atoms with van der Waals surface area (Å²) in [5.74, 6) is 0.0853. The van der Waals surface area contributed by atoms with E-state index in [1.807, 2.05) is 0 Å². The van der Waals surface area contributed by atoms with Gasteiger partial charge < -0.3 is 9.47 Å². The first-order valence-corrected chi connectivity index (χ1v) is 5.50. The monoisotopic (exact) mass is 244 g/mol. The van der Waals surface area contributed by atoms with Crippen LogP contribution in [0.2, 0.25) is 5.15 Å². The fraction of sp³-hybridized carbons (Fsp3) is 0.600. The van der Waals surface area contributed by atoms with Gasteiger partial charge in [-0.3, -0.25) is 9.36 Å². The Bertz CT molecular complexity index is 427. The van der Waals surface area contributed by atoms with Crippen molar-refractivity contribution in [1.82, 2.24) is 9.55 Å². The maximum Gasteiger partial charge on any atom is 0.297 e. The van der Waals surface area contributed by atoms with Crippen LogP contribution in [-0.4, -0.2) is 29.4 Å². The number of methoxy groups -OCH3 is 1. The topological polar surface area (TPSA) is 53.4 Å². The number of ether oxygens (including phenoxy) is 2. The van der Waals surface area contributed by atoms with Gasteiger partial charge in [-0.2, -0.15) is 0 Å². The molecule has 0 saturated carbocycles. The van der Waals surface area contributed by atoms with Crippen LogP contribution in [0.3, 0.4) is 0 Å². The van der Waals surface area contributed by atoms with E-state index in [1.54, 1.807) is 0 Å². The zero-order valence-corrected chi connectivity index (χ0v) is 9.74. The van der Waals surface area contributed by atoms with E-state index in [-0.39, 0.29) is 22.6 Å². The Morgan fingerprint density at radius 3 is 3.19 bits per heavy atom. The summed E-state index contributed by atoms with van der Waals surface area (Å²) >= 11 is 5.74. The van der Waals surface area contributed by atoms with Crippen molar-refractivity contribution < 1.29 is 9.47 Å². The minimum atomic E-state index is -0.266. The summed E-state index contributed by atoms with van der Waals surface area (Å²) in [7, 11) is 1.40. The third kappa shape index (κ3) is 2.20. The molecule has 1 aromatic heterocycles. The van der Waals surface area contributed by atoms with Crippen LogP contribution in [0, 0.1) is 0 Å². The number of rotatable bonds is 3. The van der Waals surface area contributed by atoms with Crippen molar-refractivity contribution in [2.45, 2.75) is 25.5 Å². The van der Waals surface area contributed by atoms with Crippen LogP contribution in [0.5, 0.6) is 5.75 Å². The molecule has 1 aromatic rings. The highest BCUT2D eigenvalue weighted by molar-refractivity contribution is 6.30. The number of halogens is 1. The summed E-state index contributed by atoms with van der Waals surface area (Å²) in [4.78, 5) is 15.8. The molecule has 5 nitrogen and oxygen atoms in total. The van der Waals surface area contributed by atoms with Gasteiger partial charge in [-0.1, -0.05) is 11.6 Å². The summed E-state index contributed by atoms with van der Waals surface area (Å²) in [6, 6.07) is 0. The number of hydrogen-bond acceptors (Lipinski definition) is 4. The fourth-order valence-electron chi connectivity index (χ4n) is 1.76. The highest BCUT2D eigenvalue weighted by Gasteiger charge is 2.18. The third-order valence-electron chi connectivity index (χ3n) is 2.58.